The van der Waals surface area contributed by atoms with Gasteiger partial charge in [-0.25, -0.2) is 0 Å². The van der Waals surface area contributed by atoms with Gasteiger partial charge in [-0.1, -0.05) is 24.3 Å². The number of piperazine rings is 1. The molecule has 1 aliphatic heterocycles. The Kier molecular flexibility index (Phi) is 4.15. The van der Waals surface area contributed by atoms with E-state index in [1.54, 1.807) is 12.3 Å². The van der Waals surface area contributed by atoms with Crippen molar-refractivity contribution >= 4 is 5.91 Å². The monoisotopic (exact) mass is 324 g/mol. The predicted molar refractivity (Wildman–Crippen MR) is 93.2 cm³/mol. The van der Waals surface area contributed by atoms with Crippen molar-refractivity contribution in [2.75, 3.05) is 26.2 Å². The van der Waals surface area contributed by atoms with E-state index < -0.39 is 0 Å². The Morgan fingerprint density at radius 3 is 2.54 bits per heavy atom. The fourth-order valence-corrected chi connectivity index (χ4v) is 4.06. The maximum Gasteiger partial charge on any atom is 0.257 e. The van der Waals surface area contributed by atoms with Crippen LogP contribution < -0.4 is 0 Å². The number of fused-ring (bicyclic) bond motifs is 1. The Morgan fingerprint density at radius 2 is 1.83 bits per heavy atom. The average molecular weight is 324 g/mol. The molecular weight excluding hydrogens is 300 g/mol. The summed E-state index contributed by atoms with van der Waals surface area (Å²) in [5.74, 6) is 0.821. The van der Waals surface area contributed by atoms with Crippen LogP contribution >= 0.6 is 0 Å². The van der Waals surface area contributed by atoms with Crippen LogP contribution in [0.15, 0.2) is 41.0 Å². The summed E-state index contributed by atoms with van der Waals surface area (Å²) >= 11 is 0. The lowest BCUT2D eigenvalue weighted by Gasteiger charge is -2.41. The van der Waals surface area contributed by atoms with Gasteiger partial charge in [0.05, 0.1) is 11.8 Å². The highest BCUT2D eigenvalue weighted by Crippen LogP contribution is 2.25. The molecule has 2 heterocycles. The first kappa shape index (κ1) is 15.5. The van der Waals surface area contributed by atoms with Crippen molar-refractivity contribution in [1.82, 2.24) is 9.80 Å². The highest BCUT2D eigenvalue weighted by Gasteiger charge is 2.29. The molecule has 1 aromatic carbocycles. The molecule has 0 spiro atoms. The van der Waals surface area contributed by atoms with Crippen LogP contribution in [0.2, 0.25) is 0 Å². The number of benzene rings is 1. The maximum absolute atomic E-state index is 12.6. The highest BCUT2D eigenvalue weighted by atomic mass is 16.3. The van der Waals surface area contributed by atoms with Crippen LogP contribution in [0.1, 0.15) is 33.7 Å². The summed E-state index contributed by atoms with van der Waals surface area (Å²) in [4.78, 5) is 17.1. The number of carbonyl (C=O) groups is 1. The molecule has 2 aliphatic rings. The number of rotatable bonds is 2. The largest absolute Gasteiger partial charge is 0.469 e. The van der Waals surface area contributed by atoms with Gasteiger partial charge in [-0.3, -0.25) is 9.69 Å². The van der Waals surface area contributed by atoms with Crippen LogP contribution in [0.5, 0.6) is 0 Å². The fourth-order valence-electron chi connectivity index (χ4n) is 4.06. The molecule has 1 fully saturated rings. The van der Waals surface area contributed by atoms with Crippen molar-refractivity contribution in [1.29, 1.82) is 0 Å². The zero-order chi connectivity index (χ0) is 16.5. The molecule has 24 heavy (non-hydrogen) atoms. The van der Waals surface area contributed by atoms with Crippen LogP contribution in [0.3, 0.4) is 0 Å². The van der Waals surface area contributed by atoms with E-state index in [9.17, 15) is 4.79 Å². The van der Waals surface area contributed by atoms with E-state index in [0.29, 0.717) is 17.4 Å². The van der Waals surface area contributed by atoms with Crippen LogP contribution in [0.25, 0.3) is 0 Å². The Bertz CT molecular complexity index is 729. The number of amides is 1. The number of hydrogen-bond donors (Lipinski definition) is 0. The minimum Gasteiger partial charge on any atom is -0.469 e. The first-order valence-corrected chi connectivity index (χ1v) is 8.86. The molecule has 1 aromatic heterocycles. The summed E-state index contributed by atoms with van der Waals surface area (Å²) < 4.78 is 5.27. The van der Waals surface area contributed by atoms with Crippen molar-refractivity contribution in [3.63, 3.8) is 0 Å². The second kappa shape index (κ2) is 6.44. The molecule has 1 saturated heterocycles. The number of furan rings is 1. The number of hydrogen-bond acceptors (Lipinski definition) is 3. The van der Waals surface area contributed by atoms with Gasteiger partial charge in [0.2, 0.25) is 0 Å². The second-order valence-corrected chi connectivity index (χ2v) is 6.88. The average Bonchev–Trinajstić information content (AvgIpc) is 3.07. The van der Waals surface area contributed by atoms with Crippen molar-refractivity contribution < 1.29 is 9.21 Å². The van der Waals surface area contributed by atoms with Crippen molar-refractivity contribution in [3.05, 3.63) is 59.0 Å². The summed E-state index contributed by atoms with van der Waals surface area (Å²) in [7, 11) is 0. The van der Waals surface area contributed by atoms with Gasteiger partial charge < -0.3 is 9.32 Å². The van der Waals surface area contributed by atoms with Gasteiger partial charge >= 0.3 is 0 Å². The molecule has 4 heteroatoms. The number of aryl methyl sites for hydroxylation is 2. The number of carbonyl (C=O) groups excluding carboxylic acids is 1. The van der Waals surface area contributed by atoms with Gasteiger partial charge in [0.15, 0.2) is 0 Å². The third kappa shape index (κ3) is 2.86. The van der Waals surface area contributed by atoms with Crippen molar-refractivity contribution in [2.24, 2.45) is 0 Å². The molecule has 4 rings (SSSR count). The minimum absolute atomic E-state index is 0.106. The highest BCUT2D eigenvalue weighted by molar-refractivity contribution is 5.95. The second-order valence-electron chi connectivity index (χ2n) is 6.88. The first-order chi connectivity index (χ1) is 11.7. The van der Waals surface area contributed by atoms with E-state index in [1.165, 1.54) is 24.0 Å². The topological polar surface area (TPSA) is 36.7 Å². The summed E-state index contributed by atoms with van der Waals surface area (Å²) in [5.41, 5.74) is 3.72. The molecule has 1 unspecified atom stereocenters. The molecule has 0 saturated carbocycles. The van der Waals surface area contributed by atoms with E-state index in [1.807, 2.05) is 11.8 Å². The smallest absolute Gasteiger partial charge is 0.257 e. The lowest BCUT2D eigenvalue weighted by molar-refractivity contribution is 0.0551. The minimum atomic E-state index is 0.106. The third-order valence-electron chi connectivity index (χ3n) is 5.53. The van der Waals surface area contributed by atoms with Gasteiger partial charge in [-0.2, -0.15) is 0 Å². The van der Waals surface area contributed by atoms with Gasteiger partial charge in [-0.15, -0.1) is 0 Å². The molecule has 0 bridgehead atoms. The van der Waals surface area contributed by atoms with E-state index in [2.05, 4.69) is 29.2 Å². The fraction of sp³-hybridized carbons (Fsp3) is 0.450. The van der Waals surface area contributed by atoms with Gasteiger partial charge in [0.25, 0.3) is 5.91 Å². The quantitative estimate of drug-likeness (QED) is 0.852. The molecule has 2 aromatic rings. The third-order valence-corrected chi connectivity index (χ3v) is 5.53. The lowest BCUT2D eigenvalue weighted by Crippen LogP contribution is -2.53. The Morgan fingerprint density at radius 1 is 1.08 bits per heavy atom. The standard InChI is InChI=1S/C20H24N2O2/c1-15-19(8-13-24-15)20(23)22-11-9-21(10-12-22)18-7-6-16-4-2-3-5-17(16)14-18/h2-5,8,13,18H,6-7,9-12,14H2,1H3. The maximum atomic E-state index is 12.6. The Labute approximate surface area is 143 Å². The van der Waals surface area contributed by atoms with E-state index in [4.69, 9.17) is 4.42 Å². The zero-order valence-electron chi connectivity index (χ0n) is 14.2. The van der Waals surface area contributed by atoms with Crippen LogP contribution in [0.4, 0.5) is 0 Å². The normalized spacial score (nSPS) is 21.5. The zero-order valence-corrected chi connectivity index (χ0v) is 14.2. The van der Waals surface area contributed by atoms with E-state index in [0.717, 1.165) is 32.6 Å². The summed E-state index contributed by atoms with van der Waals surface area (Å²) in [6, 6.07) is 11.2. The van der Waals surface area contributed by atoms with Crippen molar-refractivity contribution in [3.8, 4) is 0 Å². The van der Waals surface area contributed by atoms with E-state index >= 15 is 0 Å². The van der Waals surface area contributed by atoms with E-state index in [-0.39, 0.29) is 5.91 Å². The lowest BCUT2D eigenvalue weighted by atomic mass is 9.87. The Balaban J connectivity index is 1.37. The van der Waals surface area contributed by atoms with Crippen LogP contribution in [-0.2, 0) is 12.8 Å². The molecule has 1 amide bonds. The predicted octanol–water partition coefficient (Wildman–Crippen LogP) is 2.90. The molecule has 1 atom stereocenters. The first-order valence-electron chi connectivity index (χ1n) is 8.86. The SMILES string of the molecule is Cc1occc1C(=O)N1CCN(C2CCc3ccccc3C2)CC1. The van der Waals surface area contributed by atoms with Crippen LogP contribution in [-0.4, -0.2) is 47.9 Å². The van der Waals surface area contributed by atoms with Crippen LogP contribution in [0, 0.1) is 6.92 Å². The molecule has 4 nitrogen and oxygen atoms in total. The summed E-state index contributed by atoms with van der Waals surface area (Å²) in [5, 5.41) is 0. The molecule has 126 valence electrons. The van der Waals surface area contributed by atoms with Gasteiger partial charge in [-0.05, 0) is 43.4 Å². The number of nitrogens with zero attached hydrogens (tertiary/aromatic N) is 2. The molecule has 0 N–H and O–H groups in total. The van der Waals surface area contributed by atoms with Gasteiger partial charge in [0.1, 0.15) is 5.76 Å². The van der Waals surface area contributed by atoms with Crippen molar-refractivity contribution in [2.45, 2.75) is 32.2 Å². The molecule has 1 aliphatic carbocycles. The summed E-state index contributed by atoms with van der Waals surface area (Å²) in [6.07, 6.45) is 5.14. The molecule has 0 radical (unpaired) electrons. The Hall–Kier alpha value is -2.07. The summed E-state index contributed by atoms with van der Waals surface area (Å²) in [6.45, 7) is 5.40. The molecular formula is C20H24N2O2. The van der Waals surface area contributed by atoms with Gasteiger partial charge in [0, 0.05) is 32.2 Å².